The van der Waals surface area contributed by atoms with Crippen LogP contribution in [0.15, 0.2) is 82.8 Å². The first-order valence-electron chi connectivity index (χ1n) is 11.8. The van der Waals surface area contributed by atoms with Crippen molar-refractivity contribution in [3.05, 3.63) is 100 Å². The Labute approximate surface area is 214 Å². The second-order valence-corrected chi connectivity index (χ2v) is 9.94. The van der Waals surface area contributed by atoms with E-state index in [9.17, 15) is 5.11 Å². The molecule has 2 aromatic carbocycles. The molecule has 8 heteroatoms. The predicted octanol–water partition coefficient (Wildman–Crippen LogP) is 4.60. The summed E-state index contributed by atoms with van der Waals surface area (Å²) in [6.07, 6.45) is 3.87. The number of fused-ring (bicyclic) bond motifs is 5. The van der Waals surface area contributed by atoms with Crippen LogP contribution in [0.3, 0.4) is 0 Å². The summed E-state index contributed by atoms with van der Waals surface area (Å²) in [5.41, 5.74) is 1.37. The molecule has 0 saturated carbocycles. The maximum absolute atomic E-state index is 13.1. The van der Waals surface area contributed by atoms with Crippen LogP contribution < -0.4 is 4.74 Å². The Morgan fingerprint density at radius 2 is 1.78 bits per heavy atom. The highest BCUT2D eigenvalue weighted by Gasteiger charge is 2.75. The lowest BCUT2D eigenvalue weighted by Crippen LogP contribution is -2.47. The van der Waals surface area contributed by atoms with Gasteiger partial charge in [-0.15, -0.1) is 11.8 Å². The summed E-state index contributed by atoms with van der Waals surface area (Å²) in [4.78, 5) is 0. The van der Waals surface area contributed by atoms with E-state index in [1.54, 1.807) is 33.1 Å². The molecule has 2 aliphatic carbocycles. The minimum atomic E-state index is -1.57. The Kier molecular flexibility index (Phi) is 5.44. The first-order valence-corrected chi connectivity index (χ1v) is 13.0. The Morgan fingerprint density at radius 1 is 1.03 bits per heavy atom. The molecule has 2 heterocycles. The zero-order valence-corrected chi connectivity index (χ0v) is 21.4. The number of aromatic amines is 1. The Balaban J connectivity index is 1.71. The van der Waals surface area contributed by atoms with Crippen LogP contribution in [0.4, 0.5) is 0 Å². The van der Waals surface area contributed by atoms with Gasteiger partial charge in [-0.05, 0) is 29.5 Å². The van der Waals surface area contributed by atoms with Crippen molar-refractivity contribution in [3.8, 4) is 5.75 Å². The van der Waals surface area contributed by atoms with Crippen LogP contribution in [0.25, 0.3) is 0 Å². The van der Waals surface area contributed by atoms with Crippen LogP contribution >= 0.6 is 11.8 Å². The van der Waals surface area contributed by atoms with Gasteiger partial charge < -0.3 is 24.1 Å². The van der Waals surface area contributed by atoms with Crippen LogP contribution in [-0.2, 0) is 25.4 Å². The number of aliphatic hydroxyl groups is 1. The van der Waals surface area contributed by atoms with Gasteiger partial charge in [0.05, 0.1) is 39.0 Å². The fourth-order valence-electron chi connectivity index (χ4n) is 6.22. The number of nitrogens with one attached hydrogen (secondary N) is 1. The number of benzene rings is 2. The lowest BCUT2D eigenvalue weighted by atomic mass is 9.69. The molecule has 1 fully saturated rings. The van der Waals surface area contributed by atoms with E-state index in [4.69, 9.17) is 18.9 Å². The summed E-state index contributed by atoms with van der Waals surface area (Å²) in [7, 11) is 4.88. The molecule has 0 spiro atoms. The normalized spacial score (nSPS) is 28.3. The fourth-order valence-corrected chi connectivity index (χ4v) is 6.80. The number of thioether (sulfide) groups is 1. The zero-order valence-electron chi connectivity index (χ0n) is 20.6. The van der Waals surface area contributed by atoms with Crippen molar-refractivity contribution < 1.29 is 24.1 Å². The van der Waals surface area contributed by atoms with E-state index in [2.05, 4.69) is 22.3 Å². The molecule has 0 radical (unpaired) electrons. The largest absolute Gasteiger partial charge is 0.501 e. The van der Waals surface area contributed by atoms with E-state index in [0.29, 0.717) is 23.4 Å². The molecule has 0 bridgehead atoms. The smallest absolute Gasteiger partial charge is 0.167 e. The van der Waals surface area contributed by atoms with Gasteiger partial charge in [-0.2, -0.15) is 5.10 Å². The highest BCUT2D eigenvalue weighted by molar-refractivity contribution is 7.98. The van der Waals surface area contributed by atoms with Crippen LogP contribution in [0, 0.1) is 0 Å². The van der Waals surface area contributed by atoms with Gasteiger partial charge in [0.25, 0.3) is 0 Å². The summed E-state index contributed by atoms with van der Waals surface area (Å²) >= 11 is 1.55. The average molecular weight is 505 g/mol. The lowest BCUT2D eigenvalue weighted by molar-refractivity contribution is -0.140. The lowest BCUT2D eigenvalue weighted by Gasteiger charge is -2.40. The molecular formula is C28H28N2O5S. The first-order chi connectivity index (χ1) is 17.5. The SMILES string of the molecule is COC1=CC(OC)=C2C(C1)O[C@@]1(c3ccc(OC)cc3)[C@H](c3ccccc3)c3c(SC)n[nH]c3[C@@]21O. The fraction of sp³-hybridized carbons (Fsp3) is 0.321. The van der Waals surface area contributed by atoms with Gasteiger partial charge in [-0.25, -0.2) is 0 Å². The number of nitrogens with zero attached hydrogens (tertiary/aromatic N) is 1. The molecule has 0 amide bonds. The molecule has 4 atom stereocenters. The standard InChI is InChI=1S/C28H28N2O5S/c1-32-18-12-10-17(11-13-18)28-23(16-8-6-5-7-9-16)22-25(29-30-26(22)36-4)27(28,31)24-20(34-3)14-19(33-2)15-21(24)35-28/h5-14,21,23,31H,15H2,1-4H3,(H,29,30)/t21?,23-,27+,28+/m1/s1. The Morgan fingerprint density at radius 3 is 2.42 bits per heavy atom. The third-order valence-electron chi connectivity index (χ3n) is 7.67. The summed E-state index contributed by atoms with van der Waals surface area (Å²) in [6, 6.07) is 18.0. The van der Waals surface area contributed by atoms with Crippen molar-refractivity contribution >= 4 is 11.8 Å². The van der Waals surface area contributed by atoms with Crippen molar-refractivity contribution in [2.24, 2.45) is 0 Å². The van der Waals surface area contributed by atoms with E-state index >= 15 is 0 Å². The van der Waals surface area contributed by atoms with Crippen molar-refractivity contribution in [2.45, 2.75) is 34.7 Å². The number of ether oxygens (including phenoxy) is 4. The first kappa shape index (κ1) is 23.2. The van der Waals surface area contributed by atoms with Gasteiger partial charge in [0.15, 0.2) is 5.60 Å². The maximum Gasteiger partial charge on any atom is 0.167 e. The molecule has 7 nitrogen and oxygen atoms in total. The van der Waals surface area contributed by atoms with E-state index in [0.717, 1.165) is 33.2 Å². The number of allylic oxidation sites excluding steroid dienone is 1. The highest BCUT2D eigenvalue weighted by Crippen LogP contribution is 2.70. The Hall–Kier alpha value is -3.20. The van der Waals surface area contributed by atoms with Gasteiger partial charge in [0.2, 0.25) is 0 Å². The van der Waals surface area contributed by atoms with Crippen molar-refractivity contribution in [1.82, 2.24) is 10.2 Å². The van der Waals surface area contributed by atoms with Crippen molar-refractivity contribution in [2.75, 3.05) is 27.6 Å². The minimum absolute atomic E-state index is 0.338. The van der Waals surface area contributed by atoms with Crippen LogP contribution in [0.1, 0.15) is 34.7 Å². The molecule has 36 heavy (non-hydrogen) atoms. The van der Waals surface area contributed by atoms with E-state index in [1.165, 1.54) is 0 Å². The number of aromatic nitrogens is 2. The summed E-state index contributed by atoms with van der Waals surface area (Å²) < 4.78 is 24.0. The second-order valence-electron chi connectivity index (χ2n) is 9.15. The quantitative estimate of drug-likeness (QED) is 0.475. The van der Waals surface area contributed by atoms with E-state index in [-0.39, 0.29) is 5.92 Å². The average Bonchev–Trinajstić information content (AvgIpc) is 3.53. The molecule has 1 aromatic heterocycles. The molecule has 1 aliphatic heterocycles. The molecule has 3 aromatic rings. The van der Waals surface area contributed by atoms with Gasteiger partial charge in [0.1, 0.15) is 27.9 Å². The van der Waals surface area contributed by atoms with Crippen LogP contribution in [-0.4, -0.2) is 49.0 Å². The summed E-state index contributed by atoms with van der Waals surface area (Å²) in [6.45, 7) is 0. The van der Waals surface area contributed by atoms with E-state index in [1.807, 2.05) is 54.8 Å². The summed E-state index contributed by atoms with van der Waals surface area (Å²) in [5, 5.41) is 21.7. The summed E-state index contributed by atoms with van der Waals surface area (Å²) in [5.74, 6) is 1.67. The highest BCUT2D eigenvalue weighted by atomic mass is 32.2. The number of hydrogen-bond acceptors (Lipinski definition) is 7. The number of hydrogen-bond donors (Lipinski definition) is 2. The Bertz CT molecular complexity index is 1370. The number of rotatable bonds is 6. The monoisotopic (exact) mass is 504 g/mol. The van der Waals surface area contributed by atoms with Crippen LogP contribution in [0.5, 0.6) is 5.75 Å². The molecule has 3 aliphatic rings. The predicted molar refractivity (Wildman–Crippen MR) is 136 cm³/mol. The molecule has 186 valence electrons. The molecule has 2 N–H and O–H groups in total. The minimum Gasteiger partial charge on any atom is -0.501 e. The van der Waals surface area contributed by atoms with Gasteiger partial charge in [-0.3, -0.25) is 5.10 Å². The number of H-pyrrole nitrogens is 1. The number of methoxy groups -OCH3 is 3. The topological polar surface area (TPSA) is 85.8 Å². The van der Waals surface area contributed by atoms with Crippen molar-refractivity contribution in [3.63, 3.8) is 0 Å². The molecule has 6 rings (SSSR count). The second kappa shape index (κ2) is 8.44. The van der Waals surface area contributed by atoms with Gasteiger partial charge in [0, 0.05) is 23.6 Å². The third-order valence-corrected chi connectivity index (χ3v) is 8.37. The van der Waals surface area contributed by atoms with Gasteiger partial charge in [-0.1, -0.05) is 42.5 Å². The molecule has 1 saturated heterocycles. The van der Waals surface area contributed by atoms with Gasteiger partial charge >= 0.3 is 0 Å². The molecular weight excluding hydrogens is 476 g/mol. The maximum atomic E-state index is 13.1. The third kappa shape index (κ3) is 2.86. The van der Waals surface area contributed by atoms with E-state index < -0.39 is 17.3 Å². The zero-order chi connectivity index (χ0) is 25.1. The van der Waals surface area contributed by atoms with Crippen molar-refractivity contribution in [1.29, 1.82) is 0 Å². The molecule has 1 unspecified atom stereocenters. The van der Waals surface area contributed by atoms with Crippen LogP contribution in [0.2, 0.25) is 0 Å².